The summed E-state index contributed by atoms with van der Waals surface area (Å²) in [5.74, 6) is 0.586. The van der Waals surface area contributed by atoms with E-state index in [0.717, 1.165) is 5.56 Å². The van der Waals surface area contributed by atoms with Crippen molar-refractivity contribution in [2.45, 2.75) is 0 Å². The third-order valence-electron chi connectivity index (χ3n) is 2.04. The van der Waals surface area contributed by atoms with Crippen molar-refractivity contribution in [2.75, 3.05) is 7.11 Å². The van der Waals surface area contributed by atoms with Gasteiger partial charge in [-0.25, -0.2) is 14.3 Å². The highest BCUT2D eigenvalue weighted by Gasteiger charge is 2.11. The van der Waals surface area contributed by atoms with Gasteiger partial charge in [-0.1, -0.05) is 30.3 Å². The first-order chi connectivity index (χ1) is 7.33. The zero-order valence-electron chi connectivity index (χ0n) is 8.25. The molecule has 0 radical (unpaired) electrons. The van der Waals surface area contributed by atoms with Crippen LogP contribution in [-0.2, 0) is 4.74 Å². The van der Waals surface area contributed by atoms with E-state index < -0.39 is 6.09 Å². The summed E-state index contributed by atoms with van der Waals surface area (Å²) in [6.45, 7) is 0. The van der Waals surface area contributed by atoms with Crippen LogP contribution in [0.5, 0.6) is 0 Å². The summed E-state index contributed by atoms with van der Waals surface area (Å²) >= 11 is 0. The first-order valence-corrected chi connectivity index (χ1v) is 4.50. The summed E-state index contributed by atoms with van der Waals surface area (Å²) in [5.41, 5.74) is 0.882. The first-order valence-electron chi connectivity index (χ1n) is 4.50. The van der Waals surface area contributed by atoms with Gasteiger partial charge in [0.05, 0.1) is 7.11 Å². The van der Waals surface area contributed by atoms with Crippen LogP contribution >= 0.6 is 0 Å². The quantitative estimate of drug-likeness (QED) is 0.711. The van der Waals surface area contributed by atoms with Gasteiger partial charge in [-0.2, -0.15) is 0 Å². The Kier molecular flexibility index (Phi) is 2.49. The number of carbonyl (C=O) groups is 1. The fourth-order valence-corrected chi connectivity index (χ4v) is 1.35. The monoisotopic (exact) mass is 202 g/mol. The molecule has 0 aliphatic rings. The number of methoxy groups -OCH3 is 1. The fraction of sp³-hybridized carbons (Fsp3) is 0.0909. The molecular formula is C11H10N2O2. The van der Waals surface area contributed by atoms with Crippen LogP contribution in [0.1, 0.15) is 0 Å². The Hall–Kier alpha value is -2.10. The van der Waals surface area contributed by atoms with Gasteiger partial charge in [0.15, 0.2) is 0 Å². The molecule has 0 saturated heterocycles. The van der Waals surface area contributed by atoms with Crippen LogP contribution < -0.4 is 0 Å². The molecule has 0 fully saturated rings. The number of benzene rings is 1. The molecule has 0 unspecified atom stereocenters. The Morgan fingerprint density at radius 1 is 1.33 bits per heavy atom. The molecule has 2 aromatic rings. The van der Waals surface area contributed by atoms with Crippen molar-refractivity contribution in [1.29, 1.82) is 0 Å². The number of rotatable bonds is 1. The van der Waals surface area contributed by atoms with Crippen molar-refractivity contribution in [3.63, 3.8) is 0 Å². The van der Waals surface area contributed by atoms with Crippen molar-refractivity contribution in [3.8, 4) is 11.4 Å². The molecule has 0 aliphatic heterocycles. The zero-order chi connectivity index (χ0) is 10.7. The average molecular weight is 202 g/mol. The number of carbonyl (C=O) groups excluding carboxylic acids is 1. The first kappa shape index (κ1) is 9.45. The van der Waals surface area contributed by atoms with E-state index in [1.807, 2.05) is 30.3 Å². The molecule has 0 spiro atoms. The summed E-state index contributed by atoms with van der Waals surface area (Å²) in [5, 5.41) is 0. The van der Waals surface area contributed by atoms with Gasteiger partial charge < -0.3 is 4.74 Å². The third kappa shape index (κ3) is 1.74. The van der Waals surface area contributed by atoms with E-state index in [1.54, 1.807) is 12.4 Å². The highest BCUT2D eigenvalue weighted by Crippen LogP contribution is 2.16. The Bertz CT molecular complexity index is 462. The Morgan fingerprint density at radius 2 is 2.07 bits per heavy atom. The molecule has 4 heteroatoms. The molecule has 4 nitrogen and oxygen atoms in total. The second kappa shape index (κ2) is 3.96. The van der Waals surface area contributed by atoms with Crippen molar-refractivity contribution in [1.82, 2.24) is 9.55 Å². The number of aromatic nitrogens is 2. The van der Waals surface area contributed by atoms with E-state index in [4.69, 9.17) is 0 Å². The number of nitrogens with zero attached hydrogens (tertiary/aromatic N) is 2. The topological polar surface area (TPSA) is 44.1 Å². The number of hydrogen-bond donors (Lipinski definition) is 0. The third-order valence-corrected chi connectivity index (χ3v) is 2.04. The van der Waals surface area contributed by atoms with E-state index in [-0.39, 0.29) is 0 Å². The highest BCUT2D eigenvalue weighted by atomic mass is 16.5. The van der Waals surface area contributed by atoms with Gasteiger partial charge in [-0.15, -0.1) is 0 Å². The van der Waals surface area contributed by atoms with Crippen molar-refractivity contribution in [2.24, 2.45) is 0 Å². The van der Waals surface area contributed by atoms with Crippen LogP contribution in [0, 0.1) is 0 Å². The number of imidazole rings is 1. The summed E-state index contributed by atoms with van der Waals surface area (Å²) in [6.07, 6.45) is 2.71. The predicted octanol–water partition coefficient (Wildman–Crippen LogP) is 2.16. The fourth-order valence-electron chi connectivity index (χ4n) is 1.35. The lowest BCUT2D eigenvalue weighted by Gasteiger charge is -2.04. The Labute approximate surface area is 87.1 Å². The van der Waals surface area contributed by atoms with E-state index >= 15 is 0 Å². The van der Waals surface area contributed by atoms with E-state index in [0.29, 0.717) is 5.82 Å². The van der Waals surface area contributed by atoms with Gasteiger partial charge in [-0.05, 0) is 0 Å². The van der Waals surface area contributed by atoms with Gasteiger partial charge in [0, 0.05) is 18.0 Å². The predicted molar refractivity (Wildman–Crippen MR) is 55.5 cm³/mol. The SMILES string of the molecule is COC(=O)n1ccnc1-c1ccccc1. The van der Waals surface area contributed by atoms with Crippen LogP contribution in [0.4, 0.5) is 4.79 Å². The maximum Gasteiger partial charge on any atom is 0.419 e. The second-order valence-electron chi connectivity index (χ2n) is 2.96. The molecule has 0 amide bonds. The minimum Gasteiger partial charge on any atom is -0.452 e. The van der Waals surface area contributed by atoms with E-state index in [1.165, 1.54) is 11.7 Å². The van der Waals surface area contributed by atoms with Crippen LogP contribution in [-0.4, -0.2) is 22.8 Å². The van der Waals surface area contributed by atoms with Gasteiger partial charge >= 0.3 is 6.09 Å². The molecule has 1 aromatic carbocycles. The maximum atomic E-state index is 11.4. The van der Waals surface area contributed by atoms with Crippen LogP contribution in [0.15, 0.2) is 42.7 Å². The number of hydrogen-bond acceptors (Lipinski definition) is 3. The maximum absolute atomic E-state index is 11.4. The minimum atomic E-state index is -0.439. The van der Waals surface area contributed by atoms with E-state index in [9.17, 15) is 4.79 Å². The standard InChI is InChI=1S/C11H10N2O2/c1-15-11(14)13-8-7-12-10(13)9-5-3-2-4-6-9/h2-8H,1H3. The smallest absolute Gasteiger partial charge is 0.419 e. The molecule has 0 bridgehead atoms. The molecule has 76 valence electrons. The Morgan fingerprint density at radius 3 is 2.73 bits per heavy atom. The van der Waals surface area contributed by atoms with Crippen LogP contribution in [0.3, 0.4) is 0 Å². The highest BCUT2D eigenvalue weighted by molar-refractivity contribution is 5.76. The van der Waals surface area contributed by atoms with Crippen molar-refractivity contribution >= 4 is 6.09 Å². The summed E-state index contributed by atoms with van der Waals surface area (Å²) in [4.78, 5) is 15.5. The lowest BCUT2D eigenvalue weighted by atomic mass is 10.2. The molecule has 1 aromatic heterocycles. The molecule has 0 aliphatic carbocycles. The zero-order valence-corrected chi connectivity index (χ0v) is 8.25. The molecule has 1 heterocycles. The van der Waals surface area contributed by atoms with Gasteiger partial charge in [0.2, 0.25) is 0 Å². The van der Waals surface area contributed by atoms with Crippen molar-refractivity contribution < 1.29 is 9.53 Å². The molecule has 2 rings (SSSR count). The largest absolute Gasteiger partial charge is 0.452 e. The number of ether oxygens (including phenoxy) is 1. The minimum absolute atomic E-state index is 0.439. The molecule has 0 atom stereocenters. The molecule has 15 heavy (non-hydrogen) atoms. The van der Waals surface area contributed by atoms with Gasteiger partial charge in [0.1, 0.15) is 5.82 Å². The summed E-state index contributed by atoms with van der Waals surface area (Å²) in [6, 6.07) is 9.48. The Balaban J connectivity index is 2.46. The molecular weight excluding hydrogens is 192 g/mol. The summed E-state index contributed by atoms with van der Waals surface area (Å²) in [7, 11) is 1.34. The second-order valence-corrected chi connectivity index (χ2v) is 2.96. The lowest BCUT2D eigenvalue weighted by Crippen LogP contribution is -2.11. The van der Waals surface area contributed by atoms with Crippen LogP contribution in [0.25, 0.3) is 11.4 Å². The van der Waals surface area contributed by atoms with Gasteiger partial charge in [0.25, 0.3) is 0 Å². The molecule has 0 saturated carbocycles. The average Bonchev–Trinajstić information content (AvgIpc) is 2.78. The van der Waals surface area contributed by atoms with Crippen molar-refractivity contribution in [3.05, 3.63) is 42.7 Å². The van der Waals surface area contributed by atoms with E-state index in [2.05, 4.69) is 9.72 Å². The van der Waals surface area contributed by atoms with Crippen LogP contribution in [0.2, 0.25) is 0 Å². The molecule has 0 N–H and O–H groups in total. The lowest BCUT2D eigenvalue weighted by molar-refractivity contribution is 0.173. The normalized spacial score (nSPS) is 9.93. The van der Waals surface area contributed by atoms with Gasteiger partial charge in [-0.3, -0.25) is 0 Å². The summed E-state index contributed by atoms with van der Waals surface area (Å²) < 4.78 is 6.01.